The van der Waals surface area contributed by atoms with Crippen LogP contribution >= 0.6 is 0 Å². The van der Waals surface area contributed by atoms with Crippen LogP contribution in [0.2, 0.25) is 0 Å². The lowest BCUT2D eigenvalue weighted by Crippen LogP contribution is -2.41. The van der Waals surface area contributed by atoms with E-state index in [2.05, 4.69) is 20.2 Å². The number of amides is 2. The largest absolute Gasteiger partial charge is 0.378 e. The van der Waals surface area contributed by atoms with Gasteiger partial charge in [-0.05, 0) is 43.2 Å². The molecule has 9 heteroatoms. The van der Waals surface area contributed by atoms with Crippen LogP contribution in [0.15, 0.2) is 36.5 Å². The summed E-state index contributed by atoms with van der Waals surface area (Å²) in [6.45, 7) is 2.36. The van der Waals surface area contributed by atoms with Crippen molar-refractivity contribution in [2.45, 2.75) is 31.7 Å². The van der Waals surface area contributed by atoms with Crippen LogP contribution in [0, 0.1) is 0 Å². The molecule has 1 saturated heterocycles. The molecule has 9 nitrogen and oxygen atoms in total. The molecule has 0 bridgehead atoms. The number of hydrogen-bond acceptors (Lipinski definition) is 6. The lowest BCUT2D eigenvalue weighted by molar-refractivity contribution is 0.0295. The van der Waals surface area contributed by atoms with E-state index in [-0.39, 0.29) is 17.9 Å². The van der Waals surface area contributed by atoms with Gasteiger partial charge in [0.1, 0.15) is 11.3 Å². The third-order valence-electron chi connectivity index (χ3n) is 6.41. The van der Waals surface area contributed by atoms with Crippen LogP contribution in [-0.2, 0) is 4.74 Å². The van der Waals surface area contributed by atoms with Crippen molar-refractivity contribution in [3.05, 3.63) is 47.8 Å². The monoisotopic (exact) mass is 448 g/mol. The first kappa shape index (κ1) is 21.4. The van der Waals surface area contributed by atoms with Gasteiger partial charge in [0.15, 0.2) is 0 Å². The fourth-order valence-corrected chi connectivity index (χ4v) is 4.67. The summed E-state index contributed by atoms with van der Waals surface area (Å²) >= 11 is 0. The van der Waals surface area contributed by atoms with Crippen LogP contribution in [0.1, 0.15) is 52.6 Å². The van der Waals surface area contributed by atoms with Crippen molar-refractivity contribution in [1.82, 2.24) is 24.8 Å². The number of morpholine rings is 1. The molecule has 5 rings (SSSR count). The molecule has 1 aromatic carbocycles. The fraction of sp³-hybridized carbons (Fsp3) is 0.417. The molecule has 1 aliphatic heterocycles. The Morgan fingerprint density at radius 2 is 1.82 bits per heavy atom. The second-order valence-electron chi connectivity index (χ2n) is 8.50. The number of carbonyl (C=O) groups excluding carboxylic acids is 2. The highest BCUT2D eigenvalue weighted by Crippen LogP contribution is 2.35. The van der Waals surface area contributed by atoms with Crippen molar-refractivity contribution >= 4 is 34.5 Å². The Hall–Kier alpha value is -3.46. The zero-order chi connectivity index (χ0) is 22.8. The molecule has 172 valence electrons. The van der Waals surface area contributed by atoms with E-state index < -0.39 is 0 Å². The lowest BCUT2D eigenvalue weighted by atomic mass is 10.2. The van der Waals surface area contributed by atoms with Crippen LogP contribution in [0.25, 0.3) is 11.0 Å². The molecule has 0 spiro atoms. The van der Waals surface area contributed by atoms with Gasteiger partial charge in [0.25, 0.3) is 11.8 Å². The van der Waals surface area contributed by atoms with Crippen LogP contribution < -0.4 is 10.6 Å². The number of carbonyl (C=O) groups is 2. The van der Waals surface area contributed by atoms with E-state index in [0.717, 1.165) is 42.4 Å². The number of fused-ring (bicyclic) bond motifs is 1. The molecule has 0 atom stereocenters. The predicted molar refractivity (Wildman–Crippen MR) is 125 cm³/mol. The standard InChI is InChI=1S/C24H28N6O3/c1-25-22(31)16-6-8-18(9-7-16)27-24-26-15-17-14-20(23(32)29-10-12-33-13-11-29)30(21(17)28-24)19-4-2-3-5-19/h6-9,14-15,19H,2-5,10-13H2,1H3,(H,25,31)(H,26,27,28). The Morgan fingerprint density at radius 3 is 2.52 bits per heavy atom. The smallest absolute Gasteiger partial charge is 0.270 e. The summed E-state index contributed by atoms with van der Waals surface area (Å²) in [5.74, 6) is 0.353. The Labute approximate surface area is 192 Å². The topological polar surface area (TPSA) is 101 Å². The predicted octanol–water partition coefficient (Wildman–Crippen LogP) is 3.12. The van der Waals surface area contributed by atoms with Gasteiger partial charge in [-0.3, -0.25) is 9.59 Å². The minimum atomic E-state index is -0.133. The van der Waals surface area contributed by atoms with Gasteiger partial charge in [-0.2, -0.15) is 4.98 Å². The Balaban J connectivity index is 1.48. The highest BCUT2D eigenvalue weighted by Gasteiger charge is 2.28. The molecular formula is C24H28N6O3. The van der Waals surface area contributed by atoms with Crippen molar-refractivity contribution in [2.24, 2.45) is 0 Å². The molecule has 0 unspecified atom stereocenters. The first-order valence-electron chi connectivity index (χ1n) is 11.5. The quantitative estimate of drug-likeness (QED) is 0.622. The van der Waals surface area contributed by atoms with E-state index in [1.54, 1.807) is 25.4 Å². The summed E-state index contributed by atoms with van der Waals surface area (Å²) in [5.41, 5.74) is 2.82. The fourth-order valence-electron chi connectivity index (χ4n) is 4.67. The molecule has 2 fully saturated rings. The number of hydrogen-bond donors (Lipinski definition) is 2. The van der Waals surface area contributed by atoms with Crippen molar-refractivity contribution in [1.29, 1.82) is 0 Å². The van der Waals surface area contributed by atoms with Crippen LogP contribution in [0.3, 0.4) is 0 Å². The van der Waals surface area contributed by atoms with Crippen LogP contribution in [0.5, 0.6) is 0 Å². The summed E-state index contributed by atoms with van der Waals surface area (Å²) in [4.78, 5) is 36.3. The maximum absolute atomic E-state index is 13.4. The highest BCUT2D eigenvalue weighted by molar-refractivity contribution is 5.98. The lowest BCUT2D eigenvalue weighted by Gasteiger charge is -2.28. The van der Waals surface area contributed by atoms with Gasteiger partial charge in [-0.1, -0.05) is 12.8 Å². The van der Waals surface area contributed by atoms with E-state index in [4.69, 9.17) is 9.72 Å². The SMILES string of the molecule is CNC(=O)c1ccc(Nc2ncc3cc(C(=O)N4CCOCC4)n(C4CCCC4)c3n2)cc1. The van der Waals surface area contributed by atoms with Crippen molar-refractivity contribution in [3.8, 4) is 0 Å². The number of benzene rings is 1. The first-order valence-corrected chi connectivity index (χ1v) is 11.5. The van der Waals surface area contributed by atoms with E-state index in [0.29, 0.717) is 43.5 Å². The molecule has 33 heavy (non-hydrogen) atoms. The maximum atomic E-state index is 13.4. The Morgan fingerprint density at radius 1 is 1.09 bits per heavy atom. The van der Waals surface area contributed by atoms with Gasteiger partial charge < -0.3 is 24.8 Å². The van der Waals surface area contributed by atoms with E-state index >= 15 is 0 Å². The van der Waals surface area contributed by atoms with Crippen molar-refractivity contribution < 1.29 is 14.3 Å². The number of ether oxygens (including phenoxy) is 1. The average molecular weight is 449 g/mol. The molecule has 3 aromatic rings. The van der Waals surface area contributed by atoms with Crippen LogP contribution in [0.4, 0.5) is 11.6 Å². The van der Waals surface area contributed by atoms with Gasteiger partial charge in [0.2, 0.25) is 5.95 Å². The third-order valence-corrected chi connectivity index (χ3v) is 6.41. The molecule has 1 aliphatic carbocycles. The Bertz CT molecular complexity index is 1160. The first-order chi connectivity index (χ1) is 16.1. The normalized spacial score (nSPS) is 16.8. The summed E-state index contributed by atoms with van der Waals surface area (Å²) in [7, 11) is 1.61. The van der Waals surface area contributed by atoms with Gasteiger partial charge in [0, 0.05) is 49.0 Å². The zero-order valence-electron chi connectivity index (χ0n) is 18.7. The van der Waals surface area contributed by atoms with E-state index in [1.165, 1.54) is 0 Å². The molecule has 2 aromatic heterocycles. The van der Waals surface area contributed by atoms with E-state index in [9.17, 15) is 9.59 Å². The second kappa shape index (κ2) is 9.19. The number of rotatable bonds is 5. The number of nitrogens with one attached hydrogen (secondary N) is 2. The van der Waals surface area contributed by atoms with Crippen molar-refractivity contribution in [2.75, 3.05) is 38.7 Å². The van der Waals surface area contributed by atoms with Gasteiger partial charge in [0.05, 0.1) is 13.2 Å². The van der Waals surface area contributed by atoms with E-state index in [1.807, 2.05) is 23.1 Å². The third kappa shape index (κ3) is 4.28. The van der Waals surface area contributed by atoms with Gasteiger partial charge >= 0.3 is 0 Å². The second-order valence-corrected chi connectivity index (χ2v) is 8.50. The minimum absolute atomic E-state index is 0.0301. The van der Waals surface area contributed by atoms with Gasteiger partial charge in [-0.15, -0.1) is 0 Å². The highest BCUT2D eigenvalue weighted by atomic mass is 16.5. The van der Waals surface area contributed by atoms with Gasteiger partial charge in [-0.25, -0.2) is 4.98 Å². The van der Waals surface area contributed by atoms with Crippen molar-refractivity contribution in [3.63, 3.8) is 0 Å². The molecular weight excluding hydrogens is 420 g/mol. The number of nitrogens with zero attached hydrogens (tertiary/aromatic N) is 4. The number of aromatic nitrogens is 3. The molecule has 2 aliphatic rings. The van der Waals surface area contributed by atoms with Crippen LogP contribution in [-0.4, -0.2) is 64.6 Å². The summed E-state index contributed by atoms with van der Waals surface area (Å²) in [5, 5.41) is 6.69. The maximum Gasteiger partial charge on any atom is 0.270 e. The summed E-state index contributed by atoms with van der Waals surface area (Å²) < 4.78 is 7.55. The Kier molecular flexibility index (Phi) is 5.95. The molecule has 2 amide bonds. The summed E-state index contributed by atoms with van der Waals surface area (Å²) in [6.07, 6.45) is 6.17. The molecule has 0 radical (unpaired) electrons. The molecule has 3 heterocycles. The molecule has 1 saturated carbocycles. The zero-order valence-corrected chi connectivity index (χ0v) is 18.7. The molecule has 2 N–H and O–H groups in total. The summed E-state index contributed by atoms with van der Waals surface area (Å²) in [6, 6.07) is 9.33. The minimum Gasteiger partial charge on any atom is -0.378 e. The average Bonchev–Trinajstić information content (AvgIpc) is 3.51. The number of anilines is 2.